The number of amides is 2. The van der Waals surface area contributed by atoms with E-state index in [1.54, 1.807) is 30.5 Å². The summed E-state index contributed by atoms with van der Waals surface area (Å²) in [6.07, 6.45) is 1.62. The fraction of sp³-hybridized carbons (Fsp3) is 0.0714. The first-order valence-electron chi connectivity index (χ1n) is 6.04. The van der Waals surface area contributed by atoms with Crippen LogP contribution in [-0.2, 0) is 6.54 Å². The van der Waals surface area contributed by atoms with Crippen molar-refractivity contribution in [2.45, 2.75) is 6.54 Å². The maximum Gasteiger partial charge on any atom is 0.339 e. The second kappa shape index (κ2) is 6.71. The Bertz CT molecular complexity index is 662. The van der Waals surface area contributed by atoms with Crippen LogP contribution in [0.4, 0.5) is 10.5 Å². The number of carboxylic acid groups (broad SMARTS) is 1. The number of urea groups is 1. The van der Waals surface area contributed by atoms with Gasteiger partial charge in [0.15, 0.2) is 0 Å². The van der Waals surface area contributed by atoms with Crippen molar-refractivity contribution in [3.63, 3.8) is 0 Å². The Kier molecular flexibility index (Phi) is 4.73. The van der Waals surface area contributed by atoms with Crippen molar-refractivity contribution in [1.29, 1.82) is 0 Å². The molecule has 0 aliphatic rings. The van der Waals surface area contributed by atoms with Gasteiger partial charge in [-0.3, -0.25) is 4.98 Å². The maximum absolute atomic E-state index is 11.8. The van der Waals surface area contributed by atoms with Crippen LogP contribution < -0.4 is 10.6 Å². The molecule has 108 valence electrons. The van der Waals surface area contributed by atoms with Gasteiger partial charge in [0.05, 0.1) is 22.9 Å². The molecule has 0 aliphatic heterocycles. The number of aromatic nitrogens is 1. The SMILES string of the molecule is O=C(NCc1ccccn1)Nc1cccc(Cl)c1C(=O)O. The molecule has 0 spiro atoms. The largest absolute Gasteiger partial charge is 0.478 e. The van der Waals surface area contributed by atoms with E-state index >= 15 is 0 Å². The van der Waals surface area contributed by atoms with Gasteiger partial charge in [0.2, 0.25) is 0 Å². The molecule has 0 bridgehead atoms. The lowest BCUT2D eigenvalue weighted by Gasteiger charge is -2.10. The van der Waals surface area contributed by atoms with E-state index in [4.69, 9.17) is 16.7 Å². The Morgan fingerprint density at radius 1 is 1.19 bits per heavy atom. The highest BCUT2D eigenvalue weighted by molar-refractivity contribution is 6.34. The number of halogens is 1. The van der Waals surface area contributed by atoms with Crippen molar-refractivity contribution < 1.29 is 14.7 Å². The molecule has 0 saturated heterocycles. The van der Waals surface area contributed by atoms with E-state index in [0.717, 1.165) is 0 Å². The zero-order chi connectivity index (χ0) is 15.2. The summed E-state index contributed by atoms with van der Waals surface area (Å²) in [7, 11) is 0. The molecule has 1 aromatic carbocycles. The van der Waals surface area contributed by atoms with Crippen LogP contribution >= 0.6 is 11.6 Å². The molecule has 0 fully saturated rings. The summed E-state index contributed by atoms with van der Waals surface area (Å²) >= 11 is 5.82. The molecule has 21 heavy (non-hydrogen) atoms. The molecule has 2 amide bonds. The van der Waals surface area contributed by atoms with Gasteiger partial charge >= 0.3 is 12.0 Å². The van der Waals surface area contributed by atoms with E-state index in [2.05, 4.69) is 15.6 Å². The number of hydrogen-bond donors (Lipinski definition) is 3. The predicted molar refractivity (Wildman–Crippen MR) is 78.5 cm³/mol. The second-order valence-corrected chi connectivity index (χ2v) is 4.50. The van der Waals surface area contributed by atoms with Gasteiger partial charge in [-0.2, -0.15) is 0 Å². The van der Waals surface area contributed by atoms with Crippen molar-refractivity contribution in [1.82, 2.24) is 10.3 Å². The fourth-order valence-electron chi connectivity index (χ4n) is 1.69. The lowest BCUT2D eigenvalue weighted by atomic mass is 10.2. The maximum atomic E-state index is 11.8. The summed E-state index contributed by atoms with van der Waals surface area (Å²) in [5.74, 6) is -1.21. The van der Waals surface area contributed by atoms with Gasteiger partial charge in [-0.15, -0.1) is 0 Å². The van der Waals surface area contributed by atoms with Crippen LogP contribution in [0.1, 0.15) is 16.1 Å². The smallest absolute Gasteiger partial charge is 0.339 e. The van der Waals surface area contributed by atoms with Crippen LogP contribution in [0.2, 0.25) is 5.02 Å². The van der Waals surface area contributed by atoms with E-state index in [1.807, 2.05) is 0 Å². The molecule has 2 aromatic rings. The van der Waals surface area contributed by atoms with Gasteiger partial charge < -0.3 is 15.7 Å². The summed E-state index contributed by atoms with van der Waals surface area (Å²) in [6.45, 7) is 0.232. The topological polar surface area (TPSA) is 91.3 Å². The monoisotopic (exact) mass is 305 g/mol. The number of carbonyl (C=O) groups is 2. The number of rotatable bonds is 4. The number of anilines is 1. The first-order chi connectivity index (χ1) is 10.1. The van der Waals surface area contributed by atoms with E-state index in [9.17, 15) is 9.59 Å². The predicted octanol–water partition coefficient (Wildman–Crippen LogP) is 2.75. The summed E-state index contributed by atoms with van der Waals surface area (Å²) in [4.78, 5) is 27.0. The van der Waals surface area contributed by atoms with Gasteiger partial charge in [-0.25, -0.2) is 9.59 Å². The molecule has 0 aliphatic carbocycles. The van der Waals surface area contributed by atoms with Crippen molar-refractivity contribution in [2.75, 3.05) is 5.32 Å². The Labute approximate surface area is 125 Å². The highest BCUT2D eigenvalue weighted by Crippen LogP contribution is 2.24. The van der Waals surface area contributed by atoms with Crippen molar-refractivity contribution in [3.8, 4) is 0 Å². The Hall–Kier alpha value is -2.60. The third-order valence-electron chi connectivity index (χ3n) is 2.63. The van der Waals surface area contributed by atoms with Crippen LogP contribution in [-0.4, -0.2) is 22.1 Å². The highest BCUT2D eigenvalue weighted by atomic mass is 35.5. The zero-order valence-electron chi connectivity index (χ0n) is 10.8. The molecule has 7 heteroatoms. The van der Waals surface area contributed by atoms with Crippen LogP contribution in [0.5, 0.6) is 0 Å². The van der Waals surface area contributed by atoms with Gasteiger partial charge in [-0.1, -0.05) is 23.7 Å². The number of carbonyl (C=O) groups excluding carboxylic acids is 1. The lowest BCUT2D eigenvalue weighted by molar-refractivity contribution is 0.0698. The summed E-state index contributed by atoms with van der Waals surface area (Å²) < 4.78 is 0. The number of nitrogens with one attached hydrogen (secondary N) is 2. The third kappa shape index (κ3) is 3.93. The Morgan fingerprint density at radius 2 is 2.00 bits per heavy atom. The molecule has 1 heterocycles. The Balaban J connectivity index is 2.03. The average molecular weight is 306 g/mol. The first-order valence-corrected chi connectivity index (χ1v) is 6.42. The van der Waals surface area contributed by atoms with E-state index < -0.39 is 12.0 Å². The number of carboxylic acids is 1. The average Bonchev–Trinajstić information content (AvgIpc) is 2.46. The zero-order valence-corrected chi connectivity index (χ0v) is 11.6. The molecule has 0 radical (unpaired) electrons. The van der Waals surface area contributed by atoms with Gasteiger partial charge in [0.1, 0.15) is 5.56 Å². The van der Waals surface area contributed by atoms with E-state index in [0.29, 0.717) is 5.69 Å². The van der Waals surface area contributed by atoms with Crippen molar-refractivity contribution >= 4 is 29.3 Å². The summed E-state index contributed by atoms with van der Waals surface area (Å²) in [6, 6.07) is 9.28. The van der Waals surface area contributed by atoms with Crippen LogP contribution in [0, 0.1) is 0 Å². The minimum absolute atomic E-state index is 0.0602. The summed E-state index contributed by atoms with van der Waals surface area (Å²) in [5, 5.41) is 14.2. The van der Waals surface area contributed by atoms with E-state index in [1.165, 1.54) is 12.1 Å². The molecular weight excluding hydrogens is 294 g/mol. The standard InChI is InChI=1S/C14H12ClN3O3/c15-10-5-3-6-11(12(10)13(19)20)18-14(21)17-8-9-4-1-2-7-16-9/h1-7H,8H2,(H,19,20)(H2,17,18,21). The van der Waals surface area contributed by atoms with Gasteiger partial charge in [0.25, 0.3) is 0 Å². The van der Waals surface area contributed by atoms with E-state index in [-0.39, 0.29) is 22.8 Å². The molecule has 1 aromatic heterocycles. The van der Waals surface area contributed by atoms with Crippen LogP contribution in [0.3, 0.4) is 0 Å². The number of pyridine rings is 1. The fourth-order valence-corrected chi connectivity index (χ4v) is 1.94. The number of nitrogens with zero attached hydrogens (tertiary/aromatic N) is 1. The molecule has 0 atom stereocenters. The molecule has 6 nitrogen and oxygen atoms in total. The van der Waals surface area contributed by atoms with Gasteiger partial charge in [0, 0.05) is 6.20 Å². The summed E-state index contributed by atoms with van der Waals surface area (Å²) in [5.41, 5.74) is 0.679. The van der Waals surface area contributed by atoms with Crippen LogP contribution in [0.25, 0.3) is 0 Å². The van der Waals surface area contributed by atoms with Crippen molar-refractivity contribution in [2.24, 2.45) is 0 Å². The lowest BCUT2D eigenvalue weighted by Crippen LogP contribution is -2.29. The van der Waals surface area contributed by atoms with Gasteiger partial charge in [-0.05, 0) is 24.3 Å². The number of aromatic carboxylic acids is 1. The molecule has 0 saturated carbocycles. The first kappa shape index (κ1) is 14.8. The minimum Gasteiger partial charge on any atom is -0.478 e. The third-order valence-corrected chi connectivity index (χ3v) is 2.95. The van der Waals surface area contributed by atoms with Crippen LogP contribution in [0.15, 0.2) is 42.6 Å². The minimum atomic E-state index is -1.21. The number of benzene rings is 1. The highest BCUT2D eigenvalue weighted by Gasteiger charge is 2.15. The normalized spacial score (nSPS) is 9.95. The Morgan fingerprint density at radius 3 is 2.67 bits per heavy atom. The molecule has 3 N–H and O–H groups in total. The second-order valence-electron chi connectivity index (χ2n) is 4.10. The molecule has 2 rings (SSSR count). The van der Waals surface area contributed by atoms with Crippen molar-refractivity contribution in [3.05, 3.63) is 58.9 Å². The quantitative estimate of drug-likeness (QED) is 0.810. The molecule has 0 unspecified atom stereocenters. The molecular formula is C14H12ClN3O3. The number of hydrogen-bond acceptors (Lipinski definition) is 3.